The van der Waals surface area contributed by atoms with Crippen LogP contribution in [0, 0.1) is 19.8 Å². The number of carbonyl (C=O) groups is 2. The van der Waals surface area contributed by atoms with Crippen molar-refractivity contribution in [1.29, 1.82) is 0 Å². The third-order valence-corrected chi connectivity index (χ3v) is 3.54. The molecule has 1 aliphatic carbocycles. The molecule has 1 aromatic rings. The first kappa shape index (κ1) is 14.4. The summed E-state index contributed by atoms with van der Waals surface area (Å²) in [6.07, 6.45) is 1.95. The summed E-state index contributed by atoms with van der Waals surface area (Å²) in [5.74, 6) is -0.579. The molecule has 1 unspecified atom stereocenters. The minimum absolute atomic E-state index is 0.0229. The van der Waals surface area contributed by atoms with E-state index >= 15 is 0 Å². The van der Waals surface area contributed by atoms with E-state index in [0.29, 0.717) is 5.92 Å². The van der Waals surface area contributed by atoms with Crippen LogP contribution in [0.1, 0.15) is 30.4 Å². The van der Waals surface area contributed by atoms with E-state index in [1.165, 1.54) is 0 Å². The van der Waals surface area contributed by atoms with E-state index in [1.54, 1.807) is 0 Å². The quantitative estimate of drug-likeness (QED) is 0.773. The van der Waals surface area contributed by atoms with Crippen molar-refractivity contribution < 1.29 is 14.7 Å². The Morgan fingerprint density at radius 2 is 2.05 bits per heavy atom. The van der Waals surface area contributed by atoms with E-state index in [4.69, 9.17) is 5.11 Å². The van der Waals surface area contributed by atoms with Crippen LogP contribution in [0.3, 0.4) is 0 Å². The molecule has 0 bridgehead atoms. The third-order valence-electron chi connectivity index (χ3n) is 3.54. The fourth-order valence-electron chi connectivity index (χ4n) is 2.22. The van der Waals surface area contributed by atoms with Gasteiger partial charge in [0.1, 0.15) is 0 Å². The van der Waals surface area contributed by atoms with Gasteiger partial charge in [-0.1, -0.05) is 12.1 Å². The topological polar surface area (TPSA) is 78.4 Å². The fourth-order valence-corrected chi connectivity index (χ4v) is 2.22. The summed E-state index contributed by atoms with van der Waals surface area (Å²) >= 11 is 0. The maximum atomic E-state index is 12.0. The third kappa shape index (κ3) is 3.98. The Morgan fingerprint density at radius 3 is 2.65 bits per heavy atom. The average molecular weight is 276 g/mol. The molecule has 3 N–H and O–H groups in total. The van der Waals surface area contributed by atoms with E-state index < -0.39 is 5.97 Å². The Labute approximate surface area is 118 Å². The molecule has 0 radical (unpaired) electrons. The lowest BCUT2D eigenvalue weighted by Crippen LogP contribution is -2.40. The van der Waals surface area contributed by atoms with Crippen LogP contribution in [0.4, 0.5) is 10.5 Å². The highest BCUT2D eigenvalue weighted by atomic mass is 16.4. The first-order chi connectivity index (χ1) is 9.45. The Kier molecular flexibility index (Phi) is 4.27. The number of rotatable bonds is 5. The van der Waals surface area contributed by atoms with Gasteiger partial charge in [0.05, 0.1) is 6.42 Å². The number of carbonyl (C=O) groups excluding carboxylic acids is 1. The number of carboxylic acids is 1. The molecule has 0 saturated heterocycles. The second-order valence-corrected chi connectivity index (χ2v) is 5.46. The Balaban J connectivity index is 1.96. The largest absolute Gasteiger partial charge is 0.481 e. The zero-order valence-electron chi connectivity index (χ0n) is 11.8. The van der Waals surface area contributed by atoms with Gasteiger partial charge in [0, 0.05) is 11.7 Å². The molecule has 20 heavy (non-hydrogen) atoms. The van der Waals surface area contributed by atoms with E-state index in [2.05, 4.69) is 10.6 Å². The molecule has 1 fully saturated rings. The minimum atomic E-state index is -0.881. The number of hydrogen-bond acceptors (Lipinski definition) is 2. The van der Waals surface area contributed by atoms with Crippen molar-refractivity contribution in [2.45, 2.75) is 39.2 Å². The molecule has 0 heterocycles. The van der Waals surface area contributed by atoms with Gasteiger partial charge in [-0.05, 0) is 49.8 Å². The van der Waals surface area contributed by atoms with Gasteiger partial charge in [-0.15, -0.1) is 0 Å². The van der Waals surface area contributed by atoms with E-state index in [9.17, 15) is 9.59 Å². The van der Waals surface area contributed by atoms with Crippen molar-refractivity contribution in [3.8, 4) is 0 Å². The maximum absolute atomic E-state index is 12.0. The highest BCUT2D eigenvalue weighted by Gasteiger charge is 2.33. The normalized spacial score (nSPS) is 15.5. The molecule has 1 aliphatic rings. The van der Waals surface area contributed by atoms with E-state index in [0.717, 1.165) is 29.7 Å². The van der Waals surface area contributed by atoms with Crippen LogP contribution in [-0.2, 0) is 4.79 Å². The molecule has 1 aromatic carbocycles. The molecular formula is C15H20N2O3. The number of aryl methyl sites for hydroxylation is 2. The van der Waals surface area contributed by atoms with Crippen LogP contribution < -0.4 is 10.6 Å². The van der Waals surface area contributed by atoms with Crippen LogP contribution >= 0.6 is 0 Å². The van der Waals surface area contributed by atoms with Crippen molar-refractivity contribution in [3.05, 3.63) is 29.3 Å². The molecule has 1 atom stereocenters. The molecular weight excluding hydrogens is 256 g/mol. The number of urea groups is 1. The Bertz CT molecular complexity index is 524. The standard InChI is InChI=1S/C15H20N2O3/c1-9-3-4-10(2)12(7-9)16-15(20)17-13(8-14(18)19)11-5-6-11/h3-4,7,11,13H,5-6,8H2,1-2H3,(H,18,19)(H2,16,17,20). The summed E-state index contributed by atoms with van der Waals surface area (Å²) in [5, 5.41) is 14.4. The van der Waals surface area contributed by atoms with Crippen molar-refractivity contribution in [2.24, 2.45) is 5.92 Å². The molecule has 0 spiro atoms. The highest BCUT2D eigenvalue weighted by molar-refractivity contribution is 5.90. The van der Waals surface area contributed by atoms with Gasteiger partial charge in [-0.3, -0.25) is 4.79 Å². The number of aliphatic carboxylic acids is 1. The number of anilines is 1. The van der Waals surface area contributed by atoms with Gasteiger partial charge in [0.15, 0.2) is 0 Å². The number of hydrogen-bond donors (Lipinski definition) is 3. The highest BCUT2D eigenvalue weighted by Crippen LogP contribution is 2.34. The molecule has 5 heteroatoms. The Hall–Kier alpha value is -2.04. The van der Waals surface area contributed by atoms with Gasteiger partial charge < -0.3 is 15.7 Å². The van der Waals surface area contributed by atoms with Crippen molar-refractivity contribution >= 4 is 17.7 Å². The number of carboxylic acid groups (broad SMARTS) is 1. The van der Waals surface area contributed by atoms with Crippen LogP contribution in [0.2, 0.25) is 0 Å². The van der Waals surface area contributed by atoms with Crippen molar-refractivity contribution in [3.63, 3.8) is 0 Å². The summed E-state index contributed by atoms with van der Waals surface area (Å²) in [6.45, 7) is 3.88. The van der Waals surface area contributed by atoms with Crippen LogP contribution in [0.25, 0.3) is 0 Å². The van der Waals surface area contributed by atoms with Gasteiger partial charge in [0.25, 0.3) is 0 Å². The molecule has 5 nitrogen and oxygen atoms in total. The summed E-state index contributed by atoms with van der Waals surface area (Å²) in [7, 11) is 0. The number of nitrogens with one attached hydrogen (secondary N) is 2. The second-order valence-electron chi connectivity index (χ2n) is 5.46. The zero-order chi connectivity index (χ0) is 14.7. The zero-order valence-corrected chi connectivity index (χ0v) is 11.8. The molecule has 2 rings (SSSR count). The second kappa shape index (κ2) is 5.94. The lowest BCUT2D eigenvalue weighted by molar-refractivity contribution is -0.137. The minimum Gasteiger partial charge on any atom is -0.481 e. The molecule has 0 aromatic heterocycles. The van der Waals surface area contributed by atoms with Gasteiger partial charge in [-0.2, -0.15) is 0 Å². The number of benzene rings is 1. The lowest BCUT2D eigenvalue weighted by Gasteiger charge is -2.17. The monoisotopic (exact) mass is 276 g/mol. The fraction of sp³-hybridized carbons (Fsp3) is 0.467. The van der Waals surface area contributed by atoms with Crippen molar-refractivity contribution in [1.82, 2.24) is 5.32 Å². The predicted molar refractivity (Wildman–Crippen MR) is 76.8 cm³/mol. The molecule has 2 amide bonds. The number of amides is 2. The van der Waals surface area contributed by atoms with Gasteiger partial charge >= 0.3 is 12.0 Å². The van der Waals surface area contributed by atoms with Gasteiger partial charge in [-0.25, -0.2) is 4.79 Å². The smallest absolute Gasteiger partial charge is 0.319 e. The van der Waals surface area contributed by atoms with E-state index in [1.807, 2.05) is 32.0 Å². The lowest BCUT2D eigenvalue weighted by atomic mass is 10.1. The predicted octanol–water partition coefficient (Wildman–Crippen LogP) is 2.68. The summed E-state index contributed by atoms with van der Waals surface area (Å²) in [4.78, 5) is 22.8. The van der Waals surface area contributed by atoms with E-state index in [-0.39, 0.29) is 18.5 Å². The molecule has 0 aliphatic heterocycles. The summed E-state index contributed by atoms with van der Waals surface area (Å²) in [6, 6.07) is 5.21. The van der Waals surface area contributed by atoms with Crippen LogP contribution in [0.15, 0.2) is 18.2 Å². The Morgan fingerprint density at radius 1 is 1.35 bits per heavy atom. The molecule has 1 saturated carbocycles. The first-order valence-electron chi connectivity index (χ1n) is 6.82. The average Bonchev–Trinajstić information content (AvgIpc) is 3.16. The van der Waals surface area contributed by atoms with Crippen molar-refractivity contribution in [2.75, 3.05) is 5.32 Å². The summed E-state index contributed by atoms with van der Waals surface area (Å²) in [5.41, 5.74) is 2.80. The molecule has 108 valence electrons. The maximum Gasteiger partial charge on any atom is 0.319 e. The first-order valence-corrected chi connectivity index (χ1v) is 6.82. The SMILES string of the molecule is Cc1ccc(C)c(NC(=O)NC(CC(=O)O)C2CC2)c1. The van der Waals surface area contributed by atoms with Gasteiger partial charge in [0.2, 0.25) is 0 Å². The van der Waals surface area contributed by atoms with Crippen LogP contribution in [-0.4, -0.2) is 23.1 Å². The summed E-state index contributed by atoms with van der Waals surface area (Å²) < 4.78 is 0. The van der Waals surface area contributed by atoms with Crippen LogP contribution in [0.5, 0.6) is 0 Å².